The molecule has 60 valence electrons. The van der Waals surface area contributed by atoms with Gasteiger partial charge < -0.3 is 10.7 Å². The smallest absolute Gasteiger partial charge is 0.0502 e. The molecule has 3 N–H and O–H groups in total. The van der Waals surface area contributed by atoms with Crippen molar-refractivity contribution in [2.45, 2.75) is 25.8 Å². The third kappa shape index (κ3) is 1.07. The average molecular weight is 150 g/mol. The van der Waals surface area contributed by atoms with Gasteiger partial charge in [-0.05, 0) is 30.4 Å². The Morgan fingerprint density at radius 3 is 2.82 bits per heavy atom. The molecule has 0 amide bonds. The molecule has 1 aromatic heterocycles. The number of aromatic nitrogens is 1. The Morgan fingerprint density at radius 2 is 2.36 bits per heavy atom. The summed E-state index contributed by atoms with van der Waals surface area (Å²) >= 11 is 0. The Bertz CT molecular complexity index is 234. The zero-order valence-electron chi connectivity index (χ0n) is 6.80. The van der Waals surface area contributed by atoms with E-state index in [1.165, 1.54) is 18.5 Å². The van der Waals surface area contributed by atoms with Gasteiger partial charge in [0.05, 0.1) is 6.04 Å². The van der Waals surface area contributed by atoms with Gasteiger partial charge >= 0.3 is 0 Å². The molecular formula is C9H14N2. The highest BCUT2D eigenvalue weighted by molar-refractivity contribution is 5.15. The Kier molecular flexibility index (Phi) is 1.33. The first-order chi connectivity index (χ1) is 5.22. The van der Waals surface area contributed by atoms with Crippen molar-refractivity contribution in [3.8, 4) is 0 Å². The van der Waals surface area contributed by atoms with Crippen molar-refractivity contribution in [1.29, 1.82) is 0 Å². The molecule has 0 aliphatic heterocycles. The standard InChI is InChI=1S/C9H14N2/c1-9(4-5-9)8(10)7-3-2-6-11-7/h2-3,6,8,11H,4-5,10H2,1H3. The fourth-order valence-electron chi connectivity index (χ4n) is 1.42. The summed E-state index contributed by atoms with van der Waals surface area (Å²) in [5.41, 5.74) is 7.60. The minimum Gasteiger partial charge on any atom is -0.364 e. The summed E-state index contributed by atoms with van der Waals surface area (Å²) in [6.07, 6.45) is 4.47. The molecule has 0 aromatic carbocycles. The van der Waals surface area contributed by atoms with E-state index in [2.05, 4.69) is 18.0 Å². The van der Waals surface area contributed by atoms with Gasteiger partial charge in [-0.3, -0.25) is 0 Å². The number of rotatable bonds is 2. The number of H-pyrrole nitrogens is 1. The van der Waals surface area contributed by atoms with Gasteiger partial charge in [-0.15, -0.1) is 0 Å². The van der Waals surface area contributed by atoms with Crippen LogP contribution in [0.4, 0.5) is 0 Å². The number of hydrogen-bond donors (Lipinski definition) is 2. The van der Waals surface area contributed by atoms with Gasteiger partial charge in [0.1, 0.15) is 0 Å². The Hall–Kier alpha value is -0.760. The second-order valence-electron chi connectivity index (χ2n) is 3.76. The quantitative estimate of drug-likeness (QED) is 0.663. The first kappa shape index (κ1) is 6.92. The highest BCUT2D eigenvalue weighted by atomic mass is 14.8. The van der Waals surface area contributed by atoms with Crippen molar-refractivity contribution in [3.63, 3.8) is 0 Å². The lowest BCUT2D eigenvalue weighted by Crippen LogP contribution is -2.20. The minimum absolute atomic E-state index is 0.206. The molecule has 0 radical (unpaired) electrons. The summed E-state index contributed by atoms with van der Waals surface area (Å²) in [4.78, 5) is 3.16. The first-order valence-electron chi connectivity index (χ1n) is 4.11. The van der Waals surface area contributed by atoms with Crippen molar-refractivity contribution in [1.82, 2.24) is 4.98 Å². The van der Waals surface area contributed by atoms with E-state index in [4.69, 9.17) is 5.73 Å². The molecule has 0 bridgehead atoms. The predicted octanol–water partition coefficient (Wildman–Crippen LogP) is 1.81. The van der Waals surface area contributed by atoms with Crippen LogP contribution in [-0.4, -0.2) is 4.98 Å². The molecule has 11 heavy (non-hydrogen) atoms. The van der Waals surface area contributed by atoms with E-state index in [1.54, 1.807) is 0 Å². The second kappa shape index (κ2) is 2.11. The monoisotopic (exact) mass is 150 g/mol. The third-order valence-corrected chi connectivity index (χ3v) is 2.75. The molecule has 1 aliphatic carbocycles. The predicted molar refractivity (Wildman–Crippen MR) is 45.1 cm³/mol. The molecule has 1 aromatic rings. The van der Waals surface area contributed by atoms with Crippen LogP contribution in [0.3, 0.4) is 0 Å². The molecule has 2 rings (SSSR count). The molecule has 1 unspecified atom stereocenters. The van der Waals surface area contributed by atoms with Crippen molar-refractivity contribution < 1.29 is 0 Å². The molecule has 2 heteroatoms. The highest BCUT2D eigenvalue weighted by Gasteiger charge is 2.43. The highest BCUT2D eigenvalue weighted by Crippen LogP contribution is 2.52. The summed E-state index contributed by atoms with van der Waals surface area (Å²) in [6, 6.07) is 4.27. The molecule has 1 saturated carbocycles. The molecule has 1 heterocycles. The van der Waals surface area contributed by atoms with Crippen LogP contribution in [0.1, 0.15) is 31.5 Å². The van der Waals surface area contributed by atoms with Gasteiger partial charge in [0, 0.05) is 11.9 Å². The zero-order chi connectivity index (χ0) is 7.90. The van der Waals surface area contributed by atoms with Crippen LogP contribution in [0.5, 0.6) is 0 Å². The second-order valence-corrected chi connectivity index (χ2v) is 3.76. The number of hydrogen-bond acceptors (Lipinski definition) is 1. The molecule has 0 saturated heterocycles. The van der Waals surface area contributed by atoms with E-state index in [9.17, 15) is 0 Å². The van der Waals surface area contributed by atoms with E-state index < -0.39 is 0 Å². The zero-order valence-corrected chi connectivity index (χ0v) is 6.80. The molecule has 0 spiro atoms. The normalized spacial score (nSPS) is 23.1. The number of nitrogens with two attached hydrogens (primary N) is 1. The summed E-state index contributed by atoms with van der Waals surface area (Å²) < 4.78 is 0. The van der Waals surface area contributed by atoms with Crippen molar-refractivity contribution >= 4 is 0 Å². The molecule has 1 aliphatic rings. The molecule has 2 nitrogen and oxygen atoms in total. The Balaban J connectivity index is 2.17. The van der Waals surface area contributed by atoms with Crippen LogP contribution < -0.4 is 5.73 Å². The van der Waals surface area contributed by atoms with E-state index in [1.807, 2.05) is 12.3 Å². The topological polar surface area (TPSA) is 41.8 Å². The Labute approximate surface area is 66.8 Å². The van der Waals surface area contributed by atoms with Crippen LogP contribution in [0, 0.1) is 5.41 Å². The van der Waals surface area contributed by atoms with Crippen molar-refractivity contribution in [2.75, 3.05) is 0 Å². The van der Waals surface area contributed by atoms with Crippen molar-refractivity contribution in [2.24, 2.45) is 11.1 Å². The van der Waals surface area contributed by atoms with E-state index >= 15 is 0 Å². The summed E-state index contributed by atoms with van der Waals surface area (Å²) in [5, 5.41) is 0. The largest absolute Gasteiger partial charge is 0.364 e. The number of aromatic amines is 1. The van der Waals surface area contributed by atoms with E-state index in [0.29, 0.717) is 5.41 Å². The molecule has 1 atom stereocenters. The maximum Gasteiger partial charge on any atom is 0.0502 e. The number of nitrogens with one attached hydrogen (secondary N) is 1. The van der Waals surface area contributed by atoms with Crippen molar-refractivity contribution in [3.05, 3.63) is 24.0 Å². The molecule has 1 fully saturated rings. The maximum atomic E-state index is 6.05. The van der Waals surface area contributed by atoms with Crippen LogP contribution in [-0.2, 0) is 0 Å². The summed E-state index contributed by atoms with van der Waals surface area (Å²) in [7, 11) is 0. The summed E-state index contributed by atoms with van der Waals surface area (Å²) in [6.45, 7) is 2.25. The van der Waals surface area contributed by atoms with Crippen LogP contribution in [0.25, 0.3) is 0 Å². The Morgan fingerprint density at radius 1 is 1.64 bits per heavy atom. The first-order valence-corrected chi connectivity index (χ1v) is 4.11. The van der Waals surface area contributed by atoms with Gasteiger partial charge in [0.25, 0.3) is 0 Å². The molecular weight excluding hydrogens is 136 g/mol. The lowest BCUT2D eigenvalue weighted by molar-refractivity contribution is 0.443. The van der Waals surface area contributed by atoms with Gasteiger partial charge in [0.2, 0.25) is 0 Å². The SMILES string of the molecule is CC1(C(N)c2ccc[nH]2)CC1. The third-order valence-electron chi connectivity index (χ3n) is 2.75. The van der Waals surface area contributed by atoms with E-state index in [-0.39, 0.29) is 6.04 Å². The van der Waals surface area contributed by atoms with Gasteiger partial charge in [-0.25, -0.2) is 0 Å². The fraction of sp³-hybridized carbons (Fsp3) is 0.556. The lowest BCUT2D eigenvalue weighted by atomic mass is 9.97. The summed E-state index contributed by atoms with van der Waals surface area (Å²) in [5.74, 6) is 0. The van der Waals surface area contributed by atoms with Crippen LogP contribution in [0.2, 0.25) is 0 Å². The maximum absolute atomic E-state index is 6.05. The van der Waals surface area contributed by atoms with Gasteiger partial charge in [-0.2, -0.15) is 0 Å². The van der Waals surface area contributed by atoms with E-state index in [0.717, 1.165) is 0 Å². The van der Waals surface area contributed by atoms with Crippen LogP contribution >= 0.6 is 0 Å². The fourth-order valence-corrected chi connectivity index (χ4v) is 1.42. The van der Waals surface area contributed by atoms with Crippen LogP contribution in [0.15, 0.2) is 18.3 Å². The average Bonchev–Trinajstić information content (AvgIpc) is 2.54. The van der Waals surface area contributed by atoms with Gasteiger partial charge in [-0.1, -0.05) is 6.92 Å². The van der Waals surface area contributed by atoms with Gasteiger partial charge in [0.15, 0.2) is 0 Å². The minimum atomic E-state index is 0.206. The lowest BCUT2D eigenvalue weighted by Gasteiger charge is -2.16.